The number of hydrogen-bond acceptors (Lipinski definition) is 10. The molecule has 0 spiro atoms. The van der Waals surface area contributed by atoms with Gasteiger partial charge in [-0.3, -0.25) is 10.4 Å². The Labute approximate surface area is 236 Å². The number of H-pyrrole nitrogens is 1. The Morgan fingerprint density at radius 1 is 1.00 bits per heavy atom. The van der Waals surface area contributed by atoms with Gasteiger partial charge in [-0.1, -0.05) is 11.6 Å². The molecule has 4 heterocycles. The van der Waals surface area contributed by atoms with Gasteiger partial charge in [-0.25, -0.2) is 29.7 Å². The Morgan fingerprint density at radius 2 is 1.73 bits per heavy atom. The number of methoxy groups -OCH3 is 1. The number of hydrogen-bond donors (Lipinski definition) is 3. The van der Waals surface area contributed by atoms with Gasteiger partial charge in [0, 0.05) is 48.2 Å². The number of aromatic nitrogens is 7. The van der Waals surface area contributed by atoms with Crippen LogP contribution in [-0.4, -0.2) is 60.5 Å². The molecule has 0 unspecified atom stereocenters. The summed E-state index contributed by atoms with van der Waals surface area (Å²) in [7, 11) is 1.48. The molecule has 0 bridgehead atoms. The average molecular weight is 590 g/mol. The highest BCUT2D eigenvalue weighted by molar-refractivity contribution is 6.32. The molecule has 41 heavy (non-hydrogen) atoms. The van der Waals surface area contributed by atoms with E-state index in [1.165, 1.54) is 13.3 Å². The lowest BCUT2D eigenvalue weighted by atomic mass is 9.93. The van der Waals surface area contributed by atoms with Crippen LogP contribution < -0.4 is 15.4 Å². The van der Waals surface area contributed by atoms with Gasteiger partial charge < -0.3 is 14.8 Å². The fourth-order valence-electron chi connectivity index (χ4n) is 4.28. The summed E-state index contributed by atoms with van der Waals surface area (Å²) in [6.07, 6.45) is 3.34. The van der Waals surface area contributed by atoms with Gasteiger partial charge in [0.2, 0.25) is 5.95 Å². The molecule has 0 atom stereocenters. The molecule has 3 N–H and O–H groups in total. The second-order valence-corrected chi connectivity index (χ2v) is 9.48. The zero-order valence-corrected chi connectivity index (χ0v) is 22.2. The van der Waals surface area contributed by atoms with Crippen molar-refractivity contribution in [2.45, 2.75) is 44.0 Å². The lowest BCUT2D eigenvalue weighted by molar-refractivity contribution is -0.137. The SMILES string of the molecule is COc1ncc(-c2ccc(NC(=O)O[C@H]3CC[C@H](Nc4ncc(C(F)(F)F)c(-c5n[nH]cc5Cl)n4)CC3)nc2)cn1. The van der Waals surface area contributed by atoms with Crippen LogP contribution in [0.5, 0.6) is 6.01 Å². The molecular weight excluding hydrogens is 567 g/mol. The van der Waals surface area contributed by atoms with Crippen molar-refractivity contribution in [3.05, 3.63) is 53.7 Å². The van der Waals surface area contributed by atoms with Crippen molar-refractivity contribution in [3.63, 3.8) is 0 Å². The van der Waals surface area contributed by atoms with E-state index in [4.69, 9.17) is 21.1 Å². The molecule has 4 aromatic rings. The molecule has 0 saturated heterocycles. The van der Waals surface area contributed by atoms with Gasteiger partial charge in [-0.05, 0) is 37.8 Å². The van der Waals surface area contributed by atoms with Crippen LogP contribution in [-0.2, 0) is 10.9 Å². The number of pyridine rings is 1. The number of alkyl halides is 3. The molecule has 1 aliphatic carbocycles. The number of nitrogens with one attached hydrogen (secondary N) is 3. The largest absolute Gasteiger partial charge is 0.467 e. The number of carbonyl (C=O) groups excluding carboxylic acids is 1. The minimum absolute atomic E-state index is 0.00839. The molecule has 16 heteroatoms. The summed E-state index contributed by atoms with van der Waals surface area (Å²) in [6, 6.07) is 3.52. The monoisotopic (exact) mass is 589 g/mol. The molecule has 12 nitrogen and oxygen atoms in total. The zero-order chi connectivity index (χ0) is 29.0. The molecule has 1 aliphatic rings. The molecule has 5 rings (SSSR count). The maximum Gasteiger partial charge on any atom is 0.420 e. The first kappa shape index (κ1) is 28.0. The Morgan fingerprint density at radius 3 is 2.34 bits per heavy atom. The number of ether oxygens (including phenoxy) is 2. The van der Waals surface area contributed by atoms with E-state index >= 15 is 0 Å². The molecular formula is C25H23ClF3N9O3. The number of carbonyl (C=O) groups is 1. The van der Waals surface area contributed by atoms with Crippen LogP contribution in [0, 0.1) is 0 Å². The molecule has 0 aliphatic heterocycles. The summed E-state index contributed by atoms with van der Waals surface area (Å²) >= 11 is 5.99. The van der Waals surface area contributed by atoms with Gasteiger partial charge in [-0.2, -0.15) is 18.3 Å². The predicted octanol–water partition coefficient (Wildman–Crippen LogP) is 5.37. The van der Waals surface area contributed by atoms with Crippen molar-refractivity contribution in [1.82, 2.24) is 35.1 Å². The molecule has 0 aromatic carbocycles. The number of rotatable bonds is 7. The summed E-state index contributed by atoms with van der Waals surface area (Å²) in [4.78, 5) is 32.7. The minimum Gasteiger partial charge on any atom is -0.467 e. The van der Waals surface area contributed by atoms with Crippen molar-refractivity contribution in [2.24, 2.45) is 0 Å². The van der Waals surface area contributed by atoms with Crippen molar-refractivity contribution < 1.29 is 27.4 Å². The van der Waals surface area contributed by atoms with E-state index in [1.807, 2.05) is 0 Å². The third-order valence-corrected chi connectivity index (χ3v) is 6.62. The van der Waals surface area contributed by atoms with Gasteiger partial charge in [-0.15, -0.1) is 0 Å². The first-order valence-electron chi connectivity index (χ1n) is 12.4. The highest BCUT2D eigenvalue weighted by atomic mass is 35.5. The molecule has 1 saturated carbocycles. The number of nitrogens with zero attached hydrogens (tertiary/aromatic N) is 6. The lowest BCUT2D eigenvalue weighted by Gasteiger charge is -2.29. The maximum atomic E-state index is 13.5. The first-order valence-corrected chi connectivity index (χ1v) is 12.8. The van der Waals surface area contributed by atoms with Gasteiger partial charge in [0.05, 0.1) is 12.1 Å². The number of halogens is 4. The maximum absolute atomic E-state index is 13.5. The fourth-order valence-corrected chi connectivity index (χ4v) is 4.46. The minimum atomic E-state index is -4.69. The average Bonchev–Trinajstić information content (AvgIpc) is 3.39. The van der Waals surface area contributed by atoms with Crippen LogP contribution in [0.4, 0.5) is 29.7 Å². The van der Waals surface area contributed by atoms with Crippen molar-refractivity contribution in [2.75, 3.05) is 17.7 Å². The van der Waals surface area contributed by atoms with Gasteiger partial charge in [0.15, 0.2) is 0 Å². The third-order valence-electron chi connectivity index (χ3n) is 6.33. The number of aromatic amines is 1. The highest BCUT2D eigenvalue weighted by Gasteiger charge is 2.37. The zero-order valence-electron chi connectivity index (χ0n) is 21.4. The standard InChI is InChI=1S/C25H23ClF3N9O3/c1-40-23-32-9-14(10-33-23)13-2-7-19(30-8-13)36-24(39)41-16-5-3-15(4-6-16)35-22-31-11-17(25(27,28)29)20(37-22)21-18(26)12-34-38-21/h2,7-12,15-16H,3-6H2,1H3,(H,34,38)(H,30,36,39)(H,31,35,37)/t15-,16-. The number of anilines is 2. The van der Waals surface area contributed by atoms with Crippen LogP contribution in [0.25, 0.3) is 22.5 Å². The third kappa shape index (κ3) is 6.80. The van der Waals surface area contributed by atoms with E-state index in [9.17, 15) is 18.0 Å². The van der Waals surface area contributed by atoms with E-state index in [0.717, 1.165) is 11.1 Å². The molecule has 0 radical (unpaired) electrons. The summed E-state index contributed by atoms with van der Waals surface area (Å²) in [5.74, 6) is 0.334. The normalized spacial score (nSPS) is 17.1. The Bertz CT molecular complexity index is 1490. The van der Waals surface area contributed by atoms with Crippen molar-refractivity contribution in [3.8, 4) is 28.5 Å². The Hall–Kier alpha value is -4.53. The van der Waals surface area contributed by atoms with E-state index < -0.39 is 23.5 Å². The van der Waals surface area contributed by atoms with Crippen LogP contribution in [0.3, 0.4) is 0 Å². The van der Waals surface area contributed by atoms with Gasteiger partial charge in [0.25, 0.3) is 0 Å². The van der Waals surface area contributed by atoms with E-state index in [0.29, 0.717) is 37.7 Å². The van der Waals surface area contributed by atoms with Gasteiger partial charge in [0.1, 0.15) is 28.9 Å². The quantitative estimate of drug-likeness (QED) is 0.256. The second-order valence-electron chi connectivity index (χ2n) is 9.07. The second kappa shape index (κ2) is 11.9. The van der Waals surface area contributed by atoms with E-state index in [2.05, 4.69) is 45.8 Å². The Kier molecular flexibility index (Phi) is 8.14. The van der Waals surface area contributed by atoms with Crippen LogP contribution in [0.1, 0.15) is 31.2 Å². The molecule has 214 valence electrons. The molecule has 4 aromatic heterocycles. The summed E-state index contributed by atoms with van der Waals surface area (Å²) in [6.45, 7) is 0. The smallest absolute Gasteiger partial charge is 0.420 e. The topological polar surface area (TPSA) is 153 Å². The van der Waals surface area contributed by atoms with E-state index in [-0.39, 0.29) is 34.8 Å². The van der Waals surface area contributed by atoms with Crippen LogP contribution in [0.2, 0.25) is 5.02 Å². The lowest BCUT2D eigenvalue weighted by Crippen LogP contribution is -2.32. The van der Waals surface area contributed by atoms with Crippen molar-refractivity contribution in [1.29, 1.82) is 0 Å². The molecule has 1 fully saturated rings. The summed E-state index contributed by atoms with van der Waals surface area (Å²) in [5, 5.41) is 11.9. The Balaban J connectivity index is 1.13. The first-order chi connectivity index (χ1) is 19.7. The predicted molar refractivity (Wildman–Crippen MR) is 141 cm³/mol. The van der Waals surface area contributed by atoms with Crippen LogP contribution >= 0.6 is 11.6 Å². The molecule has 1 amide bonds. The van der Waals surface area contributed by atoms with Crippen molar-refractivity contribution >= 4 is 29.5 Å². The summed E-state index contributed by atoms with van der Waals surface area (Å²) in [5.41, 5.74) is -0.0888. The van der Waals surface area contributed by atoms with E-state index in [1.54, 1.807) is 30.7 Å². The number of amides is 1. The highest BCUT2D eigenvalue weighted by Crippen LogP contribution is 2.37. The van der Waals surface area contributed by atoms with Gasteiger partial charge >= 0.3 is 18.3 Å². The van der Waals surface area contributed by atoms with Crippen LogP contribution in [0.15, 0.2) is 43.1 Å². The summed E-state index contributed by atoms with van der Waals surface area (Å²) < 4.78 is 51.0. The fraction of sp³-hybridized carbons (Fsp3) is 0.320.